The van der Waals surface area contributed by atoms with Gasteiger partial charge in [-0.25, -0.2) is 4.68 Å². The van der Waals surface area contributed by atoms with Gasteiger partial charge >= 0.3 is 0 Å². The van der Waals surface area contributed by atoms with Gasteiger partial charge in [0.1, 0.15) is 4.47 Å². The number of hydrogen-bond donors (Lipinski definition) is 1. The van der Waals surface area contributed by atoms with E-state index in [9.17, 15) is 4.79 Å². The van der Waals surface area contributed by atoms with Crippen molar-refractivity contribution < 1.29 is 0 Å². The predicted molar refractivity (Wildman–Crippen MR) is 90.8 cm³/mol. The number of unbranched alkanes of at least 4 members (excludes halogenated alkanes) is 1. The van der Waals surface area contributed by atoms with Gasteiger partial charge in [-0.1, -0.05) is 32.6 Å². The normalized spacial score (nSPS) is 17.7. The molecule has 1 aliphatic carbocycles. The minimum Gasteiger partial charge on any atom is -0.380 e. The Labute approximate surface area is 135 Å². The maximum absolute atomic E-state index is 12.3. The summed E-state index contributed by atoms with van der Waals surface area (Å²) in [6, 6.07) is 0.384. The van der Waals surface area contributed by atoms with Crippen LogP contribution in [0.25, 0.3) is 0 Å². The van der Waals surface area contributed by atoms with Gasteiger partial charge in [0.15, 0.2) is 0 Å². The van der Waals surface area contributed by atoms with Crippen LogP contribution in [0.15, 0.2) is 15.5 Å². The second kappa shape index (κ2) is 7.97. The Kier molecular flexibility index (Phi) is 6.27. The lowest BCUT2D eigenvalue weighted by atomic mass is 9.84. The Morgan fingerprint density at radius 1 is 1.43 bits per heavy atom. The van der Waals surface area contributed by atoms with Crippen LogP contribution in [0.4, 0.5) is 5.69 Å². The minimum atomic E-state index is -0.0377. The van der Waals surface area contributed by atoms with Crippen molar-refractivity contribution in [2.75, 3.05) is 5.32 Å². The van der Waals surface area contributed by atoms with E-state index in [1.807, 2.05) is 0 Å². The fraction of sp³-hybridized carbons (Fsp3) is 0.750. The van der Waals surface area contributed by atoms with E-state index in [-0.39, 0.29) is 5.56 Å². The van der Waals surface area contributed by atoms with Crippen molar-refractivity contribution in [1.29, 1.82) is 0 Å². The Morgan fingerprint density at radius 2 is 2.14 bits per heavy atom. The molecule has 0 aromatic carbocycles. The van der Waals surface area contributed by atoms with Crippen molar-refractivity contribution in [3.63, 3.8) is 0 Å². The van der Waals surface area contributed by atoms with Crippen LogP contribution >= 0.6 is 15.9 Å². The molecule has 0 spiro atoms. The summed E-state index contributed by atoms with van der Waals surface area (Å²) in [4.78, 5) is 12.3. The van der Waals surface area contributed by atoms with E-state index in [4.69, 9.17) is 0 Å². The Hall–Kier alpha value is -0.840. The summed E-state index contributed by atoms with van der Waals surface area (Å²) in [6.45, 7) is 5.01. The monoisotopic (exact) mass is 355 g/mol. The quantitative estimate of drug-likeness (QED) is 0.832. The lowest BCUT2D eigenvalue weighted by Crippen LogP contribution is -2.30. The highest BCUT2D eigenvalue weighted by Gasteiger charge is 2.21. The number of nitrogens with zero attached hydrogens (tertiary/aromatic N) is 2. The molecule has 0 aliphatic heterocycles. The Balaban J connectivity index is 2.06. The molecule has 1 aromatic heterocycles. The van der Waals surface area contributed by atoms with E-state index in [2.05, 4.69) is 40.2 Å². The van der Waals surface area contributed by atoms with E-state index in [0.29, 0.717) is 23.0 Å². The van der Waals surface area contributed by atoms with Gasteiger partial charge in [0.25, 0.3) is 5.56 Å². The van der Waals surface area contributed by atoms with Crippen molar-refractivity contribution in [2.24, 2.45) is 5.92 Å². The Morgan fingerprint density at radius 3 is 2.81 bits per heavy atom. The number of aromatic nitrogens is 2. The summed E-state index contributed by atoms with van der Waals surface area (Å²) >= 11 is 3.44. The van der Waals surface area contributed by atoms with Gasteiger partial charge in [0.05, 0.1) is 11.9 Å². The van der Waals surface area contributed by atoms with E-state index in [1.165, 1.54) is 32.1 Å². The highest BCUT2D eigenvalue weighted by atomic mass is 79.9. The summed E-state index contributed by atoms with van der Waals surface area (Å²) < 4.78 is 2.15. The van der Waals surface area contributed by atoms with Crippen LogP contribution in [-0.2, 0) is 6.54 Å². The molecule has 1 N–H and O–H groups in total. The lowest BCUT2D eigenvalue weighted by molar-refractivity contribution is 0.328. The first-order chi connectivity index (χ1) is 10.1. The highest BCUT2D eigenvalue weighted by molar-refractivity contribution is 9.10. The van der Waals surface area contributed by atoms with Crippen molar-refractivity contribution in [1.82, 2.24) is 9.78 Å². The number of nitrogens with one attached hydrogen (secondary N) is 1. The van der Waals surface area contributed by atoms with Gasteiger partial charge < -0.3 is 5.32 Å². The summed E-state index contributed by atoms with van der Waals surface area (Å²) in [5.74, 6) is 0.702. The molecule has 118 valence electrons. The third-order valence-corrected chi connectivity index (χ3v) is 5.21. The van der Waals surface area contributed by atoms with Crippen LogP contribution in [0.2, 0.25) is 0 Å². The maximum atomic E-state index is 12.3. The van der Waals surface area contributed by atoms with Crippen LogP contribution in [0, 0.1) is 5.92 Å². The van der Waals surface area contributed by atoms with Crippen molar-refractivity contribution in [2.45, 2.75) is 71.4 Å². The molecule has 0 saturated heterocycles. The molecule has 1 saturated carbocycles. The molecule has 1 heterocycles. The first-order valence-corrected chi connectivity index (χ1v) is 8.95. The number of rotatable bonds is 6. The summed E-state index contributed by atoms with van der Waals surface area (Å²) in [5.41, 5.74) is 0.787. The van der Waals surface area contributed by atoms with E-state index < -0.39 is 0 Å². The summed E-state index contributed by atoms with van der Waals surface area (Å²) in [7, 11) is 0. The van der Waals surface area contributed by atoms with Gasteiger partial charge in [0.2, 0.25) is 0 Å². The molecule has 5 heteroatoms. The molecule has 2 rings (SSSR count). The molecule has 0 amide bonds. The van der Waals surface area contributed by atoms with Crippen LogP contribution in [0.5, 0.6) is 0 Å². The molecule has 1 aliphatic rings. The molecule has 21 heavy (non-hydrogen) atoms. The second-order valence-electron chi connectivity index (χ2n) is 6.09. The molecule has 4 nitrogen and oxygen atoms in total. The van der Waals surface area contributed by atoms with Gasteiger partial charge in [0, 0.05) is 12.6 Å². The zero-order valence-electron chi connectivity index (χ0n) is 13.1. The maximum Gasteiger partial charge on any atom is 0.283 e. The second-order valence-corrected chi connectivity index (χ2v) is 6.88. The third kappa shape index (κ3) is 4.31. The lowest BCUT2D eigenvalue weighted by Gasteiger charge is -2.29. The van der Waals surface area contributed by atoms with Crippen molar-refractivity contribution in [3.8, 4) is 0 Å². The van der Waals surface area contributed by atoms with Gasteiger partial charge in [-0.05, 0) is 48.0 Å². The minimum absolute atomic E-state index is 0.0377. The van der Waals surface area contributed by atoms with Gasteiger partial charge in [-0.2, -0.15) is 5.10 Å². The SMILES string of the molecule is CCCCn1ncc(NC(C)C2CCCCC2)c(Br)c1=O. The van der Waals surface area contributed by atoms with E-state index in [0.717, 1.165) is 18.5 Å². The number of hydrogen-bond acceptors (Lipinski definition) is 3. The molecular weight excluding hydrogens is 330 g/mol. The largest absolute Gasteiger partial charge is 0.380 e. The smallest absolute Gasteiger partial charge is 0.283 e. The molecule has 1 aromatic rings. The predicted octanol–water partition coefficient (Wildman–Crippen LogP) is 4.19. The molecule has 1 fully saturated rings. The van der Waals surface area contributed by atoms with Crippen LogP contribution < -0.4 is 10.9 Å². The molecule has 0 bridgehead atoms. The third-order valence-electron chi connectivity index (χ3n) is 4.45. The Bertz CT molecular complexity index is 509. The average Bonchev–Trinajstić information content (AvgIpc) is 2.52. The van der Waals surface area contributed by atoms with Crippen LogP contribution in [0.3, 0.4) is 0 Å². The van der Waals surface area contributed by atoms with Crippen molar-refractivity contribution >= 4 is 21.6 Å². The molecule has 1 unspecified atom stereocenters. The number of anilines is 1. The summed E-state index contributed by atoms with van der Waals surface area (Å²) in [6.07, 6.45) is 10.4. The topological polar surface area (TPSA) is 46.9 Å². The zero-order valence-corrected chi connectivity index (χ0v) is 14.7. The highest BCUT2D eigenvalue weighted by Crippen LogP contribution is 2.29. The molecular formula is C16H26BrN3O. The molecule has 0 radical (unpaired) electrons. The van der Waals surface area contributed by atoms with Crippen LogP contribution in [0.1, 0.15) is 58.8 Å². The van der Waals surface area contributed by atoms with Gasteiger partial charge in [-0.3, -0.25) is 4.79 Å². The first kappa shape index (κ1) is 16.5. The van der Waals surface area contributed by atoms with Crippen LogP contribution in [-0.4, -0.2) is 15.8 Å². The first-order valence-electron chi connectivity index (χ1n) is 8.15. The standard InChI is InChI=1S/C16H26BrN3O/c1-3-4-10-20-16(21)15(17)14(11-18-20)19-12(2)13-8-6-5-7-9-13/h11-13,19H,3-10H2,1-2H3. The molecule has 1 atom stereocenters. The van der Waals surface area contributed by atoms with Crippen molar-refractivity contribution in [3.05, 3.63) is 21.0 Å². The van der Waals surface area contributed by atoms with E-state index >= 15 is 0 Å². The average molecular weight is 356 g/mol. The van der Waals surface area contributed by atoms with Gasteiger partial charge in [-0.15, -0.1) is 0 Å². The summed E-state index contributed by atoms with van der Waals surface area (Å²) in [5, 5.41) is 7.77. The fourth-order valence-electron chi connectivity index (χ4n) is 3.03. The number of halogens is 1. The van der Waals surface area contributed by atoms with E-state index in [1.54, 1.807) is 10.9 Å². The fourth-order valence-corrected chi connectivity index (χ4v) is 3.45. The zero-order chi connectivity index (χ0) is 15.2. The number of aryl methyl sites for hydroxylation is 1.